The number of urea groups is 1. The summed E-state index contributed by atoms with van der Waals surface area (Å²) in [6, 6.07) is 10.9. The zero-order chi connectivity index (χ0) is 30.6. The number of imide groups is 1. The van der Waals surface area contributed by atoms with Gasteiger partial charge in [-0.05, 0) is 69.4 Å². The second kappa shape index (κ2) is 13.2. The third-order valence-electron chi connectivity index (χ3n) is 8.33. The van der Waals surface area contributed by atoms with Crippen LogP contribution in [0.2, 0.25) is 0 Å². The van der Waals surface area contributed by atoms with Crippen molar-refractivity contribution in [2.75, 3.05) is 69.3 Å². The number of carbonyl (C=O) groups is 3. The van der Waals surface area contributed by atoms with E-state index >= 15 is 0 Å². The number of aromatic nitrogens is 1. The Morgan fingerprint density at radius 1 is 0.930 bits per heavy atom. The fourth-order valence-electron chi connectivity index (χ4n) is 5.87. The van der Waals surface area contributed by atoms with E-state index in [1.807, 2.05) is 62.1 Å². The average Bonchev–Trinajstić information content (AvgIpc) is 3.00. The molecule has 232 valence electrons. The quantitative estimate of drug-likeness (QED) is 0.472. The number of hydrogen-bond acceptors (Lipinski definition) is 8. The van der Waals surface area contributed by atoms with Gasteiger partial charge in [0.1, 0.15) is 17.2 Å². The van der Waals surface area contributed by atoms with E-state index in [1.165, 1.54) is 4.90 Å². The van der Waals surface area contributed by atoms with Crippen LogP contribution < -0.4 is 14.5 Å². The van der Waals surface area contributed by atoms with Gasteiger partial charge in [-0.2, -0.15) is 0 Å². The molecule has 2 aromatic rings. The van der Waals surface area contributed by atoms with Crippen LogP contribution in [0.5, 0.6) is 5.75 Å². The van der Waals surface area contributed by atoms with Gasteiger partial charge in [0.15, 0.2) is 0 Å². The smallest absolute Gasteiger partial charge is 0.410 e. The molecule has 0 aliphatic carbocycles. The van der Waals surface area contributed by atoms with Crippen molar-refractivity contribution in [1.82, 2.24) is 19.7 Å². The summed E-state index contributed by atoms with van der Waals surface area (Å²) < 4.78 is 10.7. The Labute approximate surface area is 254 Å². The molecule has 0 bridgehead atoms. The van der Waals surface area contributed by atoms with Gasteiger partial charge < -0.3 is 19.3 Å². The van der Waals surface area contributed by atoms with Gasteiger partial charge in [-0.15, -0.1) is 0 Å². The molecule has 1 aromatic heterocycles. The lowest BCUT2D eigenvalue weighted by atomic mass is 9.96. The molecule has 0 atom stereocenters. The van der Waals surface area contributed by atoms with Crippen molar-refractivity contribution < 1.29 is 23.9 Å². The second-order valence-electron chi connectivity index (χ2n) is 12.6. The molecule has 0 radical (unpaired) electrons. The van der Waals surface area contributed by atoms with Crippen LogP contribution in [0.25, 0.3) is 0 Å². The molecular weight excluding hydrogens is 548 g/mol. The van der Waals surface area contributed by atoms with Crippen LogP contribution in [-0.2, 0) is 16.1 Å². The monoisotopic (exact) mass is 592 g/mol. The number of hydrogen-bond donors (Lipinski definition) is 0. The minimum atomic E-state index is -0.465. The van der Waals surface area contributed by atoms with Crippen molar-refractivity contribution in [3.8, 4) is 5.75 Å². The van der Waals surface area contributed by atoms with Gasteiger partial charge in [-0.25, -0.2) is 14.6 Å². The first-order valence-electron chi connectivity index (χ1n) is 15.3. The van der Waals surface area contributed by atoms with Crippen LogP contribution in [0.4, 0.5) is 21.1 Å². The number of nitrogens with zero attached hydrogens (tertiary/aromatic N) is 6. The normalized spacial score (nSPS) is 19.2. The molecule has 4 amide bonds. The molecule has 3 aliphatic heterocycles. The first-order valence-corrected chi connectivity index (χ1v) is 15.3. The van der Waals surface area contributed by atoms with Crippen LogP contribution in [0.1, 0.15) is 45.6 Å². The maximum atomic E-state index is 13.3. The van der Waals surface area contributed by atoms with Crippen LogP contribution >= 0.6 is 0 Å². The molecule has 0 spiro atoms. The summed E-state index contributed by atoms with van der Waals surface area (Å²) >= 11 is 0. The fourth-order valence-corrected chi connectivity index (χ4v) is 5.87. The van der Waals surface area contributed by atoms with Crippen molar-refractivity contribution in [3.63, 3.8) is 0 Å². The molecule has 3 fully saturated rings. The molecule has 0 unspecified atom stereocenters. The molecule has 3 saturated heterocycles. The van der Waals surface area contributed by atoms with Crippen molar-refractivity contribution in [2.24, 2.45) is 5.92 Å². The van der Waals surface area contributed by atoms with Crippen molar-refractivity contribution in [3.05, 3.63) is 48.2 Å². The lowest BCUT2D eigenvalue weighted by Crippen LogP contribution is -2.52. The Morgan fingerprint density at radius 2 is 1.63 bits per heavy atom. The van der Waals surface area contributed by atoms with Gasteiger partial charge in [0.05, 0.1) is 25.5 Å². The SMILES string of the molecule is COc1ccc(CN2C(=O)CCN(c3ccc(N4CCN(CC5CCN(C(=O)OC(C)(C)C)CC5)CC4)nc3)C2=O)cc1. The number of piperidine rings is 1. The summed E-state index contributed by atoms with van der Waals surface area (Å²) in [7, 11) is 1.60. The number of anilines is 2. The Bertz CT molecular complexity index is 1260. The van der Waals surface area contributed by atoms with E-state index in [0.29, 0.717) is 18.2 Å². The van der Waals surface area contributed by atoms with Crippen molar-refractivity contribution in [1.29, 1.82) is 0 Å². The van der Waals surface area contributed by atoms with Gasteiger partial charge in [-0.1, -0.05) is 12.1 Å². The summed E-state index contributed by atoms with van der Waals surface area (Å²) in [4.78, 5) is 52.5. The molecule has 11 heteroatoms. The molecule has 5 rings (SSSR count). The molecule has 0 N–H and O–H groups in total. The summed E-state index contributed by atoms with van der Waals surface area (Å²) in [6.45, 7) is 12.5. The van der Waals surface area contributed by atoms with Gasteiger partial charge in [0.2, 0.25) is 5.91 Å². The maximum absolute atomic E-state index is 13.3. The number of benzene rings is 1. The number of carbonyl (C=O) groups excluding carboxylic acids is 3. The van der Waals surface area contributed by atoms with Crippen LogP contribution in [-0.4, -0.2) is 103 Å². The first-order chi connectivity index (χ1) is 20.6. The standard InChI is InChI=1S/C32H44N6O5/c1-32(2,3)43-31(41)36-14-11-25(12-15-36)22-34-17-19-35(20-18-34)28-10-7-26(21-33-28)37-16-13-29(39)38(30(37)40)23-24-5-8-27(42-4)9-6-24/h5-10,21,25H,11-20,22-23H2,1-4H3. The maximum Gasteiger partial charge on any atom is 0.410 e. The highest BCUT2D eigenvalue weighted by molar-refractivity contribution is 6.05. The highest BCUT2D eigenvalue weighted by Crippen LogP contribution is 2.26. The minimum Gasteiger partial charge on any atom is -0.497 e. The summed E-state index contributed by atoms with van der Waals surface area (Å²) in [5, 5.41) is 0. The van der Waals surface area contributed by atoms with E-state index in [-0.39, 0.29) is 31.0 Å². The predicted octanol–water partition coefficient (Wildman–Crippen LogP) is 4.22. The lowest BCUT2D eigenvalue weighted by Gasteiger charge is -2.39. The Balaban J connectivity index is 1.09. The number of amides is 4. The number of ether oxygens (including phenoxy) is 2. The number of methoxy groups -OCH3 is 1. The summed E-state index contributed by atoms with van der Waals surface area (Å²) in [5.74, 6) is 2.03. The first kappa shape index (κ1) is 30.6. The minimum absolute atomic E-state index is 0.173. The summed E-state index contributed by atoms with van der Waals surface area (Å²) in [5.41, 5.74) is 1.09. The van der Waals surface area contributed by atoms with Crippen LogP contribution in [0, 0.1) is 5.92 Å². The van der Waals surface area contributed by atoms with E-state index in [4.69, 9.17) is 14.5 Å². The van der Waals surface area contributed by atoms with E-state index in [2.05, 4.69) is 9.80 Å². The van der Waals surface area contributed by atoms with Crippen molar-refractivity contribution in [2.45, 2.75) is 52.2 Å². The van der Waals surface area contributed by atoms with Gasteiger partial charge in [0, 0.05) is 58.8 Å². The topological polar surface area (TPSA) is 98.8 Å². The van der Waals surface area contributed by atoms with Crippen LogP contribution in [0.15, 0.2) is 42.6 Å². The van der Waals surface area contributed by atoms with E-state index in [9.17, 15) is 14.4 Å². The zero-order valence-corrected chi connectivity index (χ0v) is 25.8. The van der Waals surface area contributed by atoms with Gasteiger partial charge in [0.25, 0.3) is 0 Å². The molecule has 3 aliphatic rings. The molecule has 11 nitrogen and oxygen atoms in total. The molecule has 43 heavy (non-hydrogen) atoms. The highest BCUT2D eigenvalue weighted by Gasteiger charge is 2.33. The number of pyridine rings is 1. The predicted molar refractivity (Wildman–Crippen MR) is 164 cm³/mol. The van der Waals surface area contributed by atoms with Crippen molar-refractivity contribution >= 4 is 29.5 Å². The third-order valence-corrected chi connectivity index (χ3v) is 8.33. The Morgan fingerprint density at radius 3 is 2.23 bits per heavy atom. The van der Waals surface area contributed by atoms with Gasteiger partial charge in [-0.3, -0.25) is 19.5 Å². The number of rotatable bonds is 7. The third kappa shape index (κ3) is 7.76. The lowest BCUT2D eigenvalue weighted by molar-refractivity contribution is -0.129. The van der Waals surface area contributed by atoms with Crippen LogP contribution in [0.3, 0.4) is 0 Å². The number of likely N-dealkylation sites (tertiary alicyclic amines) is 1. The van der Waals surface area contributed by atoms with E-state index in [0.717, 1.165) is 75.8 Å². The average molecular weight is 593 g/mol. The number of piperazine rings is 1. The largest absolute Gasteiger partial charge is 0.497 e. The van der Waals surface area contributed by atoms with E-state index < -0.39 is 5.60 Å². The Kier molecular flexibility index (Phi) is 9.39. The molecule has 1 aromatic carbocycles. The van der Waals surface area contributed by atoms with E-state index in [1.54, 1.807) is 18.2 Å². The molecular formula is C32H44N6O5. The molecule has 4 heterocycles. The van der Waals surface area contributed by atoms with Gasteiger partial charge >= 0.3 is 12.1 Å². The summed E-state index contributed by atoms with van der Waals surface area (Å²) in [6.07, 6.45) is 3.80. The molecule has 0 saturated carbocycles. The second-order valence-corrected chi connectivity index (χ2v) is 12.6. The Hall–Kier alpha value is -3.86. The highest BCUT2D eigenvalue weighted by atomic mass is 16.6. The fraction of sp³-hybridized carbons (Fsp3) is 0.562. The zero-order valence-electron chi connectivity index (χ0n) is 25.8.